The molecule has 0 saturated carbocycles. The van der Waals surface area contributed by atoms with E-state index in [1.807, 2.05) is 0 Å². The van der Waals surface area contributed by atoms with Crippen molar-refractivity contribution >= 4 is 55.8 Å². The minimum Gasteiger partial charge on any atom is -0.397 e. The molecule has 1 aromatic heterocycles. The molecule has 10 heavy (non-hydrogen) atoms. The number of hydrogen-bond donors (Lipinski definition) is 1. The zero-order valence-electron chi connectivity index (χ0n) is 4.74. The molecule has 5 heteroatoms. The molecule has 0 bridgehead atoms. The van der Waals surface area contributed by atoms with Crippen molar-refractivity contribution in [1.82, 2.24) is 4.98 Å². The van der Waals surface area contributed by atoms with Crippen LogP contribution < -0.4 is 5.73 Å². The minimum atomic E-state index is 0.443. The van der Waals surface area contributed by atoms with E-state index < -0.39 is 0 Å². The van der Waals surface area contributed by atoms with Crippen molar-refractivity contribution in [2.24, 2.45) is 0 Å². The maximum Gasteiger partial charge on any atom is 0.144 e. The van der Waals surface area contributed by atoms with E-state index in [1.54, 1.807) is 0 Å². The first-order chi connectivity index (χ1) is 4.63. The second-order valence-electron chi connectivity index (χ2n) is 1.63. The van der Waals surface area contributed by atoms with Crippen molar-refractivity contribution in [3.05, 3.63) is 19.4 Å². The van der Waals surface area contributed by atoms with Crippen molar-refractivity contribution in [2.45, 2.75) is 0 Å². The molecule has 1 aromatic rings. The fourth-order valence-electron chi connectivity index (χ4n) is 0.457. The quantitative estimate of drug-likeness (QED) is 0.586. The van der Waals surface area contributed by atoms with Crippen LogP contribution in [-0.2, 0) is 0 Å². The lowest BCUT2D eigenvalue weighted by atomic mass is 10.4. The summed E-state index contributed by atoms with van der Waals surface area (Å²) in [5, 5.41) is 0.443. The molecule has 1 rings (SSSR count). The van der Waals surface area contributed by atoms with Crippen LogP contribution in [0.4, 0.5) is 5.69 Å². The zero-order valence-corrected chi connectivity index (χ0v) is 9.24. The normalized spacial score (nSPS) is 9.90. The van der Waals surface area contributed by atoms with E-state index in [9.17, 15) is 0 Å². The van der Waals surface area contributed by atoms with E-state index in [1.165, 1.54) is 6.20 Å². The molecule has 2 N–H and O–H groups in total. The standard InChI is InChI=1S/C5H3BrClIN2/c6-3-4(8)2(9)1-10-5(3)7/h1H,9H2. The van der Waals surface area contributed by atoms with E-state index in [0.717, 1.165) is 8.04 Å². The Balaban J connectivity index is 3.34. The van der Waals surface area contributed by atoms with E-state index in [-0.39, 0.29) is 0 Å². The average molecular weight is 333 g/mol. The van der Waals surface area contributed by atoms with Crippen LogP contribution in [0, 0.1) is 3.57 Å². The summed E-state index contributed by atoms with van der Waals surface area (Å²) >= 11 is 11.0. The molecule has 1 heterocycles. The number of pyridine rings is 1. The molecule has 0 aliphatic rings. The third kappa shape index (κ3) is 1.54. The summed E-state index contributed by atoms with van der Waals surface area (Å²) in [6, 6.07) is 0. The van der Waals surface area contributed by atoms with Crippen molar-refractivity contribution in [3.63, 3.8) is 0 Å². The van der Waals surface area contributed by atoms with Crippen LogP contribution >= 0.6 is 50.1 Å². The number of rotatable bonds is 0. The van der Waals surface area contributed by atoms with Gasteiger partial charge in [-0.2, -0.15) is 0 Å². The number of hydrogen-bond acceptors (Lipinski definition) is 2. The van der Waals surface area contributed by atoms with Crippen molar-refractivity contribution in [2.75, 3.05) is 5.73 Å². The Hall–Kier alpha value is 0.450. The summed E-state index contributed by atoms with van der Waals surface area (Å²) in [6.07, 6.45) is 1.54. The molecule has 54 valence electrons. The number of nitrogens with two attached hydrogens (primary N) is 1. The van der Waals surface area contributed by atoms with Gasteiger partial charge < -0.3 is 5.73 Å². The van der Waals surface area contributed by atoms with E-state index >= 15 is 0 Å². The van der Waals surface area contributed by atoms with Crippen LogP contribution in [-0.4, -0.2) is 4.98 Å². The van der Waals surface area contributed by atoms with Gasteiger partial charge in [-0.3, -0.25) is 0 Å². The number of anilines is 1. The molecule has 2 nitrogen and oxygen atoms in total. The van der Waals surface area contributed by atoms with E-state index in [0.29, 0.717) is 10.8 Å². The molecular formula is C5H3BrClIN2. The summed E-state index contributed by atoms with van der Waals surface area (Å²) in [5.74, 6) is 0. The summed E-state index contributed by atoms with van der Waals surface area (Å²) in [6.45, 7) is 0. The average Bonchev–Trinajstić information content (AvgIpc) is 1.93. The molecule has 0 amide bonds. The van der Waals surface area contributed by atoms with Crippen LogP contribution in [0.3, 0.4) is 0 Å². The maximum atomic E-state index is 5.67. The first kappa shape index (κ1) is 8.55. The van der Waals surface area contributed by atoms with Gasteiger partial charge in [0.05, 0.1) is 19.9 Å². The first-order valence-electron chi connectivity index (χ1n) is 2.38. The zero-order chi connectivity index (χ0) is 7.72. The van der Waals surface area contributed by atoms with Gasteiger partial charge in [-0.25, -0.2) is 4.98 Å². The molecule has 0 atom stereocenters. The highest BCUT2D eigenvalue weighted by Gasteiger charge is 2.04. The largest absolute Gasteiger partial charge is 0.397 e. The van der Waals surface area contributed by atoms with Gasteiger partial charge in [-0.15, -0.1) is 0 Å². The predicted octanol–water partition coefficient (Wildman–Crippen LogP) is 2.68. The third-order valence-corrected chi connectivity index (χ3v) is 4.13. The van der Waals surface area contributed by atoms with Crippen molar-refractivity contribution in [1.29, 1.82) is 0 Å². The summed E-state index contributed by atoms with van der Waals surface area (Å²) in [5.41, 5.74) is 6.17. The molecule has 0 radical (unpaired) electrons. The number of nitrogen functional groups attached to an aromatic ring is 1. The number of nitrogens with zero attached hydrogens (tertiary/aromatic N) is 1. The molecule has 0 fully saturated rings. The van der Waals surface area contributed by atoms with Gasteiger partial charge in [-0.05, 0) is 38.5 Å². The maximum absolute atomic E-state index is 5.67. The van der Waals surface area contributed by atoms with Crippen LogP contribution in [0.15, 0.2) is 10.7 Å². The minimum absolute atomic E-state index is 0.443. The summed E-state index contributed by atoms with van der Waals surface area (Å²) in [4.78, 5) is 3.83. The Morgan fingerprint density at radius 1 is 1.70 bits per heavy atom. The Morgan fingerprint density at radius 2 is 2.30 bits per heavy atom. The number of halogens is 3. The molecule has 0 aliphatic carbocycles. The molecule has 0 aliphatic heterocycles. The summed E-state index contributed by atoms with van der Waals surface area (Å²) < 4.78 is 1.66. The van der Waals surface area contributed by atoms with Crippen LogP contribution in [0.25, 0.3) is 0 Å². The molecule has 0 saturated heterocycles. The highest BCUT2D eigenvalue weighted by atomic mass is 127. The first-order valence-corrected chi connectivity index (χ1v) is 4.63. The summed E-state index contributed by atoms with van der Waals surface area (Å²) in [7, 11) is 0. The topological polar surface area (TPSA) is 38.9 Å². The van der Waals surface area contributed by atoms with Crippen LogP contribution in [0.2, 0.25) is 5.15 Å². The van der Waals surface area contributed by atoms with Gasteiger partial charge in [-0.1, -0.05) is 11.6 Å². The van der Waals surface area contributed by atoms with Crippen molar-refractivity contribution in [3.8, 4) is 0 Å². The monoisotopic (exact) mass is 332 g/mol. The lowest BCUT2D eigenvalue weighted by Crippen LogP contribution is -1.92. The lowest BCUT2D eigenvalue weighted by Gasteiger charge is -2.00. The fraction of sp³-hybridized carbons (Fsp3) is 0. The van der Waals surface area contributed by atoms with Crippen molar-refractivity contribution < 1.29 is 0 Å². The highest BCUT2D eigenvalue weighted by Crippen LogP contribution is 2.29. The second-order valence-corrected chi connectivity index (χ2v) is 3.86. The molecular weight excluding hydrogens is 330 g/mol. The Labute approximate surface area is 85.4 Å². The van der Waals surface area contributed by atoms with E-state index in [4.69, 9.17) is 17.3 Å². The SMILES string of the molecule is Nc1cnc(Cl)c(Br)c1I. The number of aromatic nitrogens is 1. The van der Waals surface area contributed by atoms with Gasteiger partial charge in [0.1, 0.15) is 5.15 Å². The highest BCUT2D eigenvalue weighted by molar-refractivity contribution is 14.1. The van der Waals surface area contributed by atoms with Gasteiger partial charge in [0.15, 0.2) is 0 Å². The Morgan fingerprint density at radius 3 is 2.80 bits per heavy atom. The van der Waals surface area contributed by atoms with Gasteiger partial charge in [0.25, 0.3) is 0 Å². The fourth-order valence-corrected chi connectivity index (χ4v) is 1.49. The Bertz CT molecular complexity index is 239. The van der Waals surface area contributed by atoms with Crippen LogP contribution in [0.5, 0.6) is 0 Å². The van der Waals surface area contributed by atoms with Crippen LogP contribution in [0.1, 0.15) is 0 Å². The molecule has 0 aromatic carbocycles. The lowest BCUT2D eigenvalue weighted by molar-refractivity contribution is 1.30. The van der Waals surface area contributed by atoms with E-state index in [2.05, 4.69) is 43.5 Å². The smallest absolute Gasteiger partial charge is 0.144 e. The van der Waals surface area contributed by atoms with Gasteiger partial charge in [0, 0.05) is 0 Å². The Kier molecular flexibility index (Phi) is 2.76. The second kappa shape index (κ2) is 3.23. The predicted molar refractivity (Wildman–Crippen MR) is 54.1 cm³/mol. The molecule has 0 unspecified atom stereocenters. The van der Waals surface area contributed by atoms with Gasteiger partial charge in [0.2, 0.25) is 0 Å². The third-order valence-electron chi connectivity index (χ3n) is 0.944. The van der Waals surface area contributed by atoms with Gasteiger partial charge >= 0.3 is 0 Å². The molecule has 0 spiro atoms.